The van der Waals surface area contributed by atoms with E-state index in [2.05, 4.69) is 16.3 Å². The lowest BCUT2D eigenvalue weighted by atomic mass is 9.64. The molecule has 0 radical (unpaired) electrons. The summed E-state index contributed by atoms with van der Waals surface area (Å²) in [6, 6.07) is 34.1. The van der Waals surface area contributed by atoms with E-state index >= 15 is 0 Å². The lowest BCUT2D eigenvalue weighted by molar-refractivity contribution is 0.605. The zero-order chi connectivity index (χ0) is 21.8. The predicted molar refractivity (Wildman–Crippen MR) is 127 cm³/mol. The molecule has 0 bridgehead atoms. The second-order valence-corrected chi connectivity index (χ2v) is 9.74. The zero-order valence-corrected chi connectivity index (χ0v) is 17.8. The maximum atomic E-state index is 14.0. The van der Waals surface area contributed by atoms with Crippen LogP contribution >= 0.6 is 0 Å². The Kier molecular flexibility index (Phi) is 4.04. The molecule has 0 saturated heterocycles. The zero-order valence-electron chi connectivity index (χ0n) is 17.0. The Morgan fingerprint density at radius 2 is 1.12 bits per heavy atom. The first-order chi connectivity index (χ1) is 15.6. The van der Waals surface area contributed by atoms with Gasteiger partial charge in [-0.15, -0.1) is 5.10 Å². The summed E-state index contributed by atoms with van der Waals surface area (Å²) in [7, 11) is -3.93. The Morgan fingerprint density at radius 1 is 0.562 bits per heavy atom. The fourth-order valence-corrected chi connectivity index (χ4v) is 6.50. The topological polar surface area (TPSA) is 58.9 Å². The molecule has 32 heavy (non-hydrogen) atoms. The first-order valence-corrected chi connectivity index (χ1v) is 11.8. The van der Waals surface area contributed by atoms with Gasteiger partial charge < -0.3 is 0 Å². The van der Waals surface area contributed by atoms with Crippen molar-refractivity contribution >= 4 is 20.6 Å². The van der Waals surface area contributed by atoms with Crippen molar-refractivity contribution in [3.63, 3.8) is 0 Å². The predicted octanol–water partition coefficient (Wildman–Crippen LogP) is 5.24. The molecule has 1 heterocycles. The molecule has 0 saturated carbocycles. The molecule has 0 amide bonds. The van der Waals surface area contributed by atoms with E-state index in [0.717, 1.165) is 27.8 Å². The molecule has 4 nitrogen and oxygen atoms in total. The van der Waals surface area contributed by atoms with Gasteiger partial charge >= 0.3 is 0 Å². The normalized spacial score (nSPS) is 18.8. The first kappa shape index (κ1) is 18.9. The Hall–Kier alpha value is -3.83. The molecule has 4 aromatic carbocycles. The van der Waals surface area contributed by atoms with E-state index in [0.29, 0.717) is 5.71 Å². The van der Waals surface area contributed by atoms with Crippen molar-refractivity contribution in [1.29, 1.82) is 0 Å². The van der Waals surface area contributed by atoms with Crippen LogP contribution in [0.2, 0.25) is 0 Å². The lowest BCUT2D eigenvalue weighted by Gasteiger charge is -2.38. The third kappa shape index (κ3) is 2.40. The number of hydrogen-bond acceptors (Lipinski definition) is 4. The van der Waals surface area contributed by atoms with Crippen LogP contribution in [-0.4, -0.2) is 19.2 Å². The van der Waals surface area contributed by atoms with Gasteiger partial charge in [0.05, 0.1) is 10.6 Å². The fourth-order valence-electron chi connectivity index (χ4n) is 4.89. The molecule has 2 aliphatic rings. The van der Waals surface area contributed by atoms with Crippen molar-refractivity contribution in [1.82, 2.24) is 0 Å². The molecular formula is C27H18N2O2S. The number of nitrogens with zero attached hydrogens (tertiary/aromatic N) is 2. The maximum Gasteiger partial charge on any atom is 0.223 e. The smallest absolute Gasteiger partial charge is 0.217 e. The summed E-state index contributed by atoms with van der Waals surface area (Å²) in [5.41, 5.74) is 4.15. The number of sulfone groups is 1. The van der Waals surface area contributed by atoms with E-state index in [1.54, 1.807) is 30.3 Å². The van der Waals surface area contributed by atoms with Crippen LogP contribution in [0.15, 0.2) is 124 Å². The van der Waals surface area contributed by atoms with Gasteiger partial charge in [0, 0.05) is 5.56 Å². The average Bonchev–Trinajstić information content (AvgIpc) is 3.28. The molecule has 5 heteroatoms. The van der Waals surface area contributed by atoms with Crippen molar-refractivity contribution < 1.29 is 8.42 Å². The van der Waals surface area contributed by atoms with Crippen LogP contribution < -0.4 is 0 Å². The molecule has 0 spiro atoms. The van der Waals surface area contributed by atoms with Crippen molar-refractivity contribution in [2.75, 3.05) is 0 Å². The largest absolute Gasteiger partial charge is 0.223 e. The summed E-state index contributed by atoms with van der Waals surface area (Å²) in [5, 5.41) is 8.98. The molecule has 0 N–H and O–H groups in total. The Morgan fingerprint density at radius 3 is 1.84 bits per heavy atom. The second kappa shape index (κ2) is 6.84. The number of benzene rings is 4. The van der Waals surface area contributed by atoms with E-state index < -0.39 is 15.3 Å². The third-order valence-corrected chi connectivity index (χ3v) is 8.02. The van der Waals surface area contributed by atoms with Gasteiger partial charge in [-0.2, -0.15) is 5.10 Å². The van der Waals surface area contributed by atoms with Gasteiger partial charge in [-0.05, 0) is 34.4 Å². The van der Waals surface area contributed by atoms with Crippen LogP contribution in [0.4, 0.5) is 0 Å². The van der Waals surface area contributed by atoms with Gasteiger partial charge in [0.15, 0.2) is 5.04 Å². The highest BCUT2D eigenvalue weighted by Crippen LogP contribution is 2.51. The monoisotopic (exact) mass is 434 g/mol. The summed E-state index contributed by atoms with van der Waals surface area (Å²) >= 11 is 0. The first-order valence-electron chi connectivity index (χ1n) is 10.4. The number of fused-ring (bicyclic) bond motifs is 6. The van der Waals surface area contributed by atoms with E-state index in [9.17, 15) is 8.42 Å². The second-order valence-electron chi connectivity index (χ2n) is 7.88. The molecule has 154 valence electrons. The Bertz CT molecular complexity index is 1520. The number of rotatable bonds is 2. The summed E-state index contributed by atoms with van der Waals surface area (Å²) in [6.07, 6.45) is 0. The van der Waals surface area contributed by atoms with E-state index in [4.69, 9.17) is 0 Å². The van der Waals surface area contributed by atoms with Crippen molar-refractivity contribution in [2.45, 2.75) is 10.3 Å². The highest BCUT2D eigenvalue weighted by atomic mass is 32.2. The van der Waals surface area contributed by atoms with Crippen molar-refractivity contribution in [3.8, 4) is 11.1 Å². The molecule has 1 atom stereocenters. The molecule has 1 aliphatic carbocycles. The van der Waals surface area contributed by atoms with E-state index in [1.807, 2.05) is 72.8 Å². The molecular weight excluding hydrogens is 416 g/mol. The third-order valence-electron chi connectivity index (χ3n) is 6.24. The molecule has 1 unspecified atom stereocenters. The standard InChI is InChI=1S/C27H18N2O2S/c30-32(31,20-13-5-2-6-14-20)26-27(19-11-3-1-4-12-19)24-18-10-9-16-22(24)21-15-7-8-17-23(21)25(27)28-29-26/h1-18H. The fraction of sp³-hybridized carbons (Fsp3) is 0.0370. The lowest BCUT2D eigenvalue weighted by Crippen LogP contribution is -2.48. The van der Waals surface area contributed by atoms with Crippen LogP contribution in [0.1, 0.15) is 16.7 Å². The molecule has 0 aromatic heterocycles. The van der Waals surface area contributed by atoms with Gasteiger partial charge in [-0.25, -0.2) is 8.42 Å². The van der Waals surface area contributed by atoms with Gasteiger partial charge in [0.2, 0.25) is 9.84 Å². The average molecular weight is 435 g/mol. The Labute approximate surface area is 186 Å². The van der Waals surface area contributed by atoms with Crippen LogP contribution in [-0.2, 0) is 15.3 Å². The molecule has 4 aromatic rings. The minimum atomic E-state index is -3.93. The summed E-state index contributed by atoms with van der Waals surface area (Å²) < 4.78 is 28.0. The van der Waals surface area contributed by atoms with E-state index in [-0.39, 0.29) is 9.94 Å². The van der Waals surface area contributed by atoms with Gasteiger partial charge in [0.1, 0.15) is 5.41 Å². The number of hydrogen-bond donors (Lipinski definition) is 0. The van der Waals surface area contributed by atoms with Gasteiger partial charge in [-0.1, -0.05) is 97.1 Å². The van der Waals surface area contributed by atoms with Crippen molar-refractivity contribution in [2.24, 2.45) is 10.2 Å². The maximum absolute atomic E-state index is 14.0. The van der Waals surface area contributed by atoms with E-state index in [1.165, 1.54) is 0 Å². The van der Waals surface area contributed by atoms with Gasteiger partial charge in [-0.3, -0.25) is 0 Å². The summed E-state index contributed by atoms with van der Waals surface area (Å²) in [5.74, 6) is 0. The van der Waals surface area contributed by atoms with Crippen LogP contribution in [0.3, 0.4) is 0 Å². The minimum Gasteiger partial charge on any atom is -0.217 e. The van der Waals surface area contributed by atoms with Crippen molar-refractivity contribution in [3.05, 3.63) is 126 Å². The quantitative estimate of drug-likeness (QED) is 0.433. The summed E-state index contributed by atoms with van der Waals surface area (Å²) in [4.78, 5) is 0.210. The van der Waals surface area contributed by atoms with Crippen LogP contribution in [0, 0.1) is 0 Å². The van der Waals surface area contributed by atoms with Crippen LogP contribution in [0.5, 0.6) is 0 Å². The molecule has 0 fully saturated rings. The van der Waals surface area contributed by atoms with Gasteiger partial charge in [0.25, 0.3) is 0 Å². The summed E-state index contributed by atoms with van der Waals surface area (Å²) in [6.45, 7) is 0. The molecule has 6 rings (SSSR count). The highest BCUT2D eigenvalue weighted by molar-refractivity contribution is 8.06. The molecule has 1 aliphatic heterocycles. The SMILES string of the molecule is O=S(=O)(C1=NN=C2c3ccccc3-c3ccccc3C21c1ccccc1)c1ccccc1. The highest BCUT2D eigenvalue weighted by Gasteiger charge is 2.56. The minimum absolute atomic E-state index is 0.0411. The Balaban J connectivity index is 1.74. The van der Waals surface area contributed by atoms with Crippen LogP contribution in [0.25, 0.3) is 11.1 Å².